The molecule has 27 heavy (non-hydrogen) atoms. The third kappa shape index (κ3) is 3.83. The molecule has 0 bridgehead atoms. The fraction of sp³-hybridized carbons (Fsp3) is 0.0476. The molecule has 3 rings (SSSR count). The van der Waals surface area contributed by atoms with Gasteiger partial charge in [0.1, 0.15) is 23.1 Å². The number of nitrogens with zero attached hydrogens (tertiary/aromatic N) is 1. The number of rotatable bonds is 5. The number of nitrogens with one attached hydrogen (secondary N) is 2. The van der Waals surface area contributed by atoms with Crippen molar-refractivity contribution >= 4 is 28.1 Å². The summed E-state index contributed by atoms with van der Waals surface area (Å²) in [5, 5.41) is 26.2. The number of para-hydroxylation sites is 2. The SMILES string of the molecule is COc1ccccc1N/C=C(/C#N)C(=O)Nc1cccc2c(O)cccc12. The van der Waals surface area contributed by atoms with E-state index in [1.165, 1.54) is 13.3 Å². The van der Waals surface area contributed by atoms with Gasteiger partial charge in [-0.1, -0.05) is 36.4 Å². The standard InChI is InChI=1S/C21H17N3O3/c1-27-20-11-3-2-8-18(20)23-13-14(12-22)21(26)24-17-9-4-7-16-15(17)6-5-10-19(16)25/h2-11,13,23,25H,1H3,(H,24,26)/b14-13-. The van der Waals surface area contributed by atoms with Gasteiger partial charge in [0, 0.05) is 22.7 Å². The molecule has 0 heterocycles. The Morgan fingerprint density at radius 3 is 2.52 bits per heavy atom. The summed E-state index contributed by atoms with van der Waals surface area (Å²) < 4.78 is 5.23. The molecule has 0 aromatic heterocycles. The van der Waals surface area contributed by atoms with Crippen LogP contribution in [0.5, 0.6) is 11.5 Å². The molecule has 0 atom stereocenters. The van der Waals surface area contributed by atoms with E-state index in [1.807, 2.05) is 18.2 Å². The van der Waals surface area contributed by atoms with Crippen LogP contribution in [-0.4, -0.2) is 18.1 Å². The number of carbonyl (C=O) groups excluding carboxylic acids is 1. The van der Waals surface area contributed by atoms with Gasteiger partial charge in [0.2, 0.25) is 0 Å². The van der Waals surface area contributed by atoms with Crippen molar-refractivity contribution in [2.45, 2.75) is 0 Å². The van der Waals surface area contributed by atoms with Gasteiger partial charge in [0.25, 0.3) is 5.91 Å². The van der Waals surface area contributed by atoms with E-state index in [0.717, 1.165) is 0 Å². The highest BCUT2D eigenvalue weighted by molar-refractivity contribution is 6.11. The van der Waals surface area contributed by atoms with E-state index in [4.69, 9.17) is 4.74 Å². The van der Waals surface area contributed by atoms with E-state index < -0.39 is 5.91 Å². The minimum Gasteiger partial charge on any atom is -0.507 e. The predicted molar refractivity (Wildman–Crippen MR) is 105 cm³/mol. The lowest BCUT2D eigenvalue weighted by Crippen LogP contribution is -2.14. The summed E-state index contributed by atoms with van der Waals surface area (Å²) in [5.74, 6) is 0.157. The molecule has 134 valence electrons. The average molecular weight is 359 g/mol. The van der Waals surface area contributed by atoms with Gasteiger partial charge < -0.3 is 20.5 Å². The molecule has 3 N–H and O–H groups in total. The number of aromatic hydroxyl groups is 1. The number of fused-ring (bicyclic) bond motifs is 1. The Bertz CT molecular complexity index is 1070. The Morgan fingerprint density at radius 2 is 1.74 bits per heavy atom. The van der Waals surface area contributed by atoms with Crippen molar-refractivity contribution in [2.24, 2.45) is 0 Å². The van der Waals surface area contributed by atoms with Crippen LogP contribution in [0.4, 0.5) is 11.4 Å². The van der Waals surface area contributed by atoms with Crippen LogP contribution >= 0.6 is 0 Å². The molecule has 0 aliphatic rings. The molecule has 6 heteroatoms. The molecular formula is C21H17N3O3. The highest BCUT2D eigenvalue weighted by Crippen LogP contribution is 2.30. The lowest BCUT2D eigenvalue weighted by atomic mass is 10.1. The molecule has 0 radical (unpaired) electrons. The van der Waals surface area contributed by atoms with Crippen molar-refractivity contribution in [3.63, 3.8) is 0 Å². The van der Waals surface area contributed by atoms with Gasteiger partial charge in [0.15, 0.2) is 0 Å². The quantitative estimate of drug-likeness (QED) is 0.473. The van der Waals surface area contributed by atoms with Crippen LogP contribution < -0.4 is 15.4 Å². The Hall–Kier alpha value is -3.98. The van der Waals surface area contributed by atoms with Crippen LogP contribution in [0.15, 0.2) is 72.4 Å². The van der Waals surface area contributed by atoms with Gasteiger partial charge >= 0.3 is 0 Å². The van der Waals surface area contributed by atoms with Gasteiger partial charge in [-0.05, 0) is 24.3 Å². The number of phenolic OH excluding ortho intramolecular Hbond substituents is 1. The Labute approximate surface area is 156 Å². The molecule has 0 spiro atoms. The van der Waals surface area contributed by atoms with Crippen LogP contribution in [0, 0.1) is 11.3 Å². The lowest BCUT2D eigenvalue weighted by Gasteiger charge is -2.10. The molecule has 0 fully saturated rings. The minimum absolute atomic E-state index is 0.0990. The topological polar surface area (TPSA) is 94.4 Å². The summed E-state index contributed by atoms with van der Waals surface area (Å²) in [7, 11) is 1.54. The first-order chi connectivity index (χ1) is 13.1. The number of hydrogen-bond acceptors (Lipinski definition) is 5. The van der Waals surface area contributed by atoms with E-state index >= 15 is 0 Å². The average Bonchev–Trinajstić information content (AvgIpc) is 2.69. The second-order valence-corrected chi connectivity index (χ2v) is 5.65. The summed E-state index contributed by atoms with van der Waals surface area (Å²) in [6.07, 6.45) is 1.33. The molecule has 1 amide bonds. The number of hydrogen-bond donors (Lipinski definition) is 3. The number of ether oxygens (including phenoxy) is 1. The van der Waals surface area contributed by atoms with Crippen molar-refractivity contribution in [1.82, 2.24) is 0 Å². The Morgan fingerprint density at radius 1 is 1.04 bits per heavy atom. The smallest absolute Gasteiger partial charge is 0.267 e. The molecule has 0 saturated carbocycles. The van der Waals surface area contributed by atoms with E-state index in [1.54, 1.807) is 48.5 Å². The monoisotopic (exact) mass is 359 g/mol. The van der Waals surface area contributed by atoms with E-state index in [0.29, 0.717) is 27.9 Å². The number of methoxy groups -OCH3 is 1. The second-order valence-electron chi connectivity index (χ2n) is 5.65. The molecule has 3 aromatic rings. The molecule has 0 unspecified atom stereocenters. The van der Waals surface area contributed by atoms with Crippen molar-refractivity contribution in [2.75, 3.05) is 17.7 Å². The van der Waals surface area contributed by atoms with Gasteiger partial charge in [-0.2, -0.15) is 5.26 Å². The number of phenols is 1. The van der Waals surface area contributed by atoms with Crippen molar-refractivity contribution < 1.29 is 14.6 Å². The first kappa shape index (κ1) is 17.8. The van der Waals surface area contributed by atoms with Crippen LogP contribution in [0.2, 0.25) is 0 Å². The largest absolute Gasteiger partial charge is 0.507 e. The Balaban J connectivity index is 1.84. The molecule has 0 saturated heterocycles. The number of anilines is 2. The van der Waals surface area contributed by atoms with E-state index in [9.17, 15) is 15.2 Å². The summed E-state index contributed by atoms with van der Waals surface area (Å²) >= 11 is 0. The highest BCUT2D eigenvalue weighted by Gasteiger charge is 2.12. The third-order valence-electron chi connectivity index (χ3n) is 3.99. The fourth-order valence-corrected chi connectivity index (χ4v) is 2.65. The van der Waals surface area contributed by atoms with Gasteiger partial charge in [-0.25, -0.2) is 0 Å². The maximum atomic E-state index is 12.5. The zero-order valence-corrected chi connectivity index (χ0v) is 14.6. The van der Waals surface area contributed by atoms with Gasteiger partial charge in [0.05, 0.1) is 12.8 Å². The molecular weight excluding hydrogens is 342 g/mol. The minimum atomic E-state index is -0.559. The summed E-state index contributed by atoms with van der Waals surface area (Å²) in [4.78, 5) is 12.5. The normalized spacial score (nSPS) is 10.9. The summed E-state index contributed by atoms with van der Waals surface area (Å²) in [6.45, 7) is 0. The second kappa shape index (κ2) is 7.93. The highest BCUT2D eigenvalue weighted by atomic mass is 16.5. The Kier molecular flexibility index (Phi) is 5.24. The maximum absolute atomic E-state index is 12.5. The number of benzene rings is 3. The van der Waals surface area contributed by atoms with Gasteiger partial charge in [-0.3, -0.25) is 4.79 Å². The maximum Gasteiger partial charge on any atom is 0.267 e. The molecule has 0 aliphatic carbocycles. The fourth-order valence-electron chi connectivity index (χ4n) is 2.65. The van der Waals surface area contributed by atoms with Crippen molar-refractivity contribution in [1.29, 1.82) is 5.26 Å². The van der Waals surface area contributed by atoms with E-state index in [2.05, 4.69) is 10.6 Å². The number of amides is 1. The zero-order valence-electron chi connectivity index (χ0n) is 14.6. The van der Waals surface area contributed by atoms with Crippen LogP contribution in [-0.2, 0) is 4.79 Å². The van der Waals surface area contributed by atoms with Crippen molar-refractivity contribution in [3.05, 3.63) is 72.4 Å². The van der Waals surface area contributed by atoms with E-state index in [-0.39, 0.29) is 11.3 Å². The van der Waals surface area contributed by atoms with Crippen molar-refractivity contribution in [3.8, 4) is 17.6 Å². The molecule has 3 aromatic carbocycles. The third-order valence-corrected chi connectivity index (χ3v) is 3.99. The van der Waals surface area contributed by atoms with Crippen LogP contribution in [0.3, 0.4) is 0 Å². The van der Waals surface area contributed by atoms with Gasteiger partial charge in [-0.15, -0.1) is 0 Å². The number of carbonyl (C=O) groups is 1. The molecule has 6 nitrogen and oxygen atoms in total. The zero-order chi connectivity index (χ0) is 19.2. The summed E-state index contributed by atoms with van der Waals surface area (Å²) in [5.41, 5.74) is 1.04. The lowest BCUT2D eigenvalue weighted by molar-refractivity contribution is -0.112. The molecule has 0 aliphatic heterocycles. The predicted octanol–water partition coefficient (Wildman–Crippen LogP) is 4.01. The van der Waals surface area contributed by atoms with Crippen LogP contribution in [0.1, 0.15) is 0 Å². The number of nitriles is 1. The first-order valence-corrected chi connectivity index (χ1v) is 8.16. The summed E-state index contributed by atoms with van der Waals surface area (Å²) in [6, 6.07) is 19.3. The first-order valence-electron chi connectivity index (χ1n) is 8.16. The van der Waals surface area contributed by atoms with Crippen LogP contribution in [0.25, 0.3) is 10.8 Å².